The second kappa shape index (κ2) is 5.54. The molecular formula is C15H15BrN2O2. The fourth-order valence-electron chi connectivity index (χ4n) is 1.99. The molecule has 20 heavy (non-hydrogen) atoms. The van der Waals surface area contributed by atoms with Crippen LogP contribution in [0.5, 0.6) is 5.75 Å². The number of aromatic hydroxyl groups is 1. The molecule has 2 aromatic carbocycles. The summed E-state index contributed by atoms with van der Waals surface area (Å²) in [6.07, 6.45) is 0. The highest BCUT2D eigenvalue weighted by Crippen LogP contribution is 2.29. The number of hydrogen-bond acceptors (Lipinski definition) is 3. The molecule has 0 atom stereocenters. The topological polar surface area (TPSA) is 75.3 Å². The van der Waals surface area contributed by atoms with Gasteiger partial charge in [0.05, 0.1) is 5.69 Å². The zero-order chi connectivity index (χ0) is 14.9. The highest BCUT2D eigenvalue weighted by atomic mass is 79.9. The van der Waals surface area contributed by atoms with Crippen LogP contribution in [0.2, 0.25) is 0 Å². The first-order valence-electron chi connectivity index (χ1n) is 6.04. The van der Waals surface area contributed by atoms with Gasteiger partial charge in [0.1, 0.15) is 5.75 Å². The highest BCUT2D eigenvalue weighted by Gasteiger charge is 2.12. The van der Waals surface area contributed by atoms with Crippen molar-refractivity contribution in [3.05, 3.63) is 51.5 Å². The van der Waals surface area contributed by atoms with Crippen molar-refractivity contribution in [2.75, 3.05) is 11.1 Å². The van der Waals surface area contributed by atoms with Crippen molar-refractivity contribution < 1.29 is 9.90 Å². The number of nitrogens with two attached hydrogens (primary N) is 1. The summed E-state index contributed by atoms with van der Waals surface area (Å²) in [5.74, 6) is -0.245. The molecule has 0 unspecified atom stereocenters. The van der Waals surface area contributed by atoms with E-state index in [4.69, 9.17) is 5.73 Å². The number of phenolic OH excluding ortho intramolecular Hbond substituents is 1. The summed E-state index contributed by atoms with van der Waals surface area (Å²) in [6.45, 7) is 3.69. The summed E-state index contributed by atoms with van der Waals surface area (Å²) in [5, 5.41) is 12.7. The number of anilines is 2. The zero-order valence-electron chi connectivity index (χ0n) is 11.2. The van der Waals surface area contributed by atoms with Gasteiger partial charge in [-0.3, -0.25) is 4.79 Å². The fraction of sp³-hybridized carbons (Fsp3) is 0.133. The van der Waals surface area contributed by atoms with Crippen molar-refractivity contribution in [1.29, 1.82) is 0 Å². The van der Waals surface area contributed by atoms with Crippen LogP contribution in [-0.4, -0.2) is 11.0 Å². The third-order valence-corrected chi connectivity index (χ3v) is 3.33. The third kappa shape index (κ3) is 3.11. The van der Waals surface area contributed by atoms with E-state index < -0.39 is 0 Å². The Balaban J connectivity index is 2.32. The maximum Gasteiger partial charge on any atom is 0.255 e. The van der Waals surface area contributed by atoms with Gasteiger partial charge in [-0.05, 0) is 49.2 Å². The summed E-state index contributed by atoms with van der Waals surface area (Å²) < 4.78 is 0.729. The van der Waals surface area contributed by atoms with Gasteiger partial charge < -0.3 is 16.2 Å². The molecule has 4 N–H and O–H groups in total. The Morgan fingerprint density at radius 2 is 1.90 bits per heavy atom. The molecule has 5 heteroatoms. The molecule has 104 valence electrons. The van der Waals surface area contributed by atoms with Crippen molar-refractivity contribution in [3.63, 3.8) is 0 Å². The molecule has 0 aromatic heterocycles. The number of benzene rings is 2. The van der Waals surface area contributed by atoms with E-state index >= 15 is 0 Å². The lowest BCUT2D eigenvalue weighted by Crippen LogP contribution is -2.12. The van der Waals surface area contributed by atoms with Crippen molar-refractivity contribution >= 4 is 33.2 Å². The zero-order valence-corrected chi connectivity index (χ0v) is 12.8. The summed E-state index contributed by atoms with van der Waals surface area (Å²) in [6, 6.07) is 8.54. The van der Waals surface area contributed by atoms with E-state index in [1.54, 1.807) is 31.2 Å². The number of nitrogen functional groups attached to an aromatic ring is 1. The van der Waals surface area contributed by atoms with Gasteiger partial charge in [0.2, 0.25) is 0 Å². The fourth-order valence-corrected chi connectivity index (χ4v) is 2.50. The van der Waals surface area contributed by atoms with Crippen LogP contribution in [0.1, 0.15) is 21.5 Å². The Hall–Kier alpha value is -2.01. The first kappa shape index (κ1) is 14.4. The predicted octanol–water partition coefficient (Wildman–Crippen LogP) is 3.61. The molecule has 4 nitrogen and oxygen atoms in total. The molecule has 0 heterocycles. The van der Waals surface area contributed by atoms with E-state index in [1.807, 2.05) is 13.0 Å². The quantitative estimate of drug-likeness (QED) is 0.580. The molecule has 0 saturated carbocycles. The molecule has 2 rings (SSSR count). The van der Waals surface area contributed by atoms with Gasteiger partial charge in [0.25, 0.3) is 5.91 Å². The van der Waals surface area contributed by atoms with Crippen LogP contribution in [0.4, 0.5) is 11.4 Å². The number of amides is 1. The number of halogens is 1. The molecule has 0 radical (unpaired) electrons. The van der Waals surface area contributed by atoms with Crippen LogP contribution >= 0.6 is 15.9 Å². The maximum atomic E-state index is 12.2. The highest BCUT2D eigenvalue weighted by molar-refractivity contribution is 9.10. The molecule has 2 aromatic rings. The number of rotatable bonds is 2. The Labute approximate surface area is 125 Å². The van der Waals surface area contributed by atoms with Gasteiger partial charge in [-0.2, -0.15) is 0 Å². The van der Waals surface area contributed by atoms with Gasteiger partial charge >= 0.3 is 0 Å². The van der Waals surface area contributed by atoms with E-state index in [0.717, 1.165) is 10.0 Å². The second-order valence-corrected chi connectivity index (χ2v) is 5.62. The van der Waals surface area contributed by atoms with E-state index in [1.165, 1.54) is 0 Å². The molecular weight excluding hydrogens is 320 g/mol. The molecule has 0 bridgehead atoms. The normalized spacial score (nSPS) is 10.3. The average molecular weight is 335 g/mol. The number of nitrogens with one attached hydrogen (secondary N) is 1. The first-order valence-corrected chi connectivity index (χ1v) is 6.84. The maximum absolute atomic E-state index is 12.2. The number of aryl methyl sites for hydroxylation is 2. The lowest BCUT2D eigenvalue weighted by Gasteiger charge is -2.11. The smallest absolute Gasteiger partial charge is 0.255 e. The molecule has 0 aliphatic carbocycles. The van der Waals surface area contributed by atoms with Crippen LogP contribution in [0.25, 0.3) is 0 Å². The van der Waals surface area contributed by atoms with E-state index in [9.17, 15) is 9.90 Å². The van der Waals surface area contributed by atoms with Crippen molar-refractivity contribution in [1.82, 2.24) is 0 Å². The molecule has 0 fully saturated rings. The van der Waals surface area contributed by atoms with Crippen molar-refractivity contribution in [2.24, 2.45) is 0 Å². The number of hydrogen-bond donors (Lipinski definition) is 3. The lowest BCUT2D eigenvalue weighted by atomic mass is 10.1. The number of phenols is 1. The number of carbonyl (C=O) groups excluding carboxylic acids is 1. The Kier molecular flexibility index (Phi) is 3.99. The molecule has 0 aliphatic heterocycles. The number of carbonyl (C=O) groups is 1. The van der Waals surface area contributed by atoms with Crippen LogP contribution in [0, 0.1) is 13.8 Å². The SMILES string of the molecule is Cc1cc(C)c(O)c(NC(=O)c2cc(N)cc(Br)c2)c1. The van der Waals surface area contributed by atoms with Gasteiger partial charge in [-0.15, -0.1) is 0 Å². The monoisotopic (exact) mass is 334 g/mol. The van der Waals surface area contributed by atoms with E-state index in [2.05, 4.69) is 21.2 Å². The third-order valence-electron chi connectivity index (χ3n) is 2.88. The Morgan fingerprint density at radius 1 is 1.20 bits per heavy atom. The first-order chi connectivity index (χ1) is 9.36. The lowest BCUT2D eigenvalue weighted by molar-refractivity contribution is 0.102. The summed E-state index contributed by atoms with van der Waals surface area (Å²) >= 11 is 3.30. The molecule has 0 saturated heterocycles. The minimum absolute atomic E-state index is 0.0759. The average Bonchev–Trinajstić information content (AvgIpc) is 2.34. The molecule has 1 amide bonds. The van der Waals surface area contributed by atoms with Gasteiger partial charge in [-0.25, -0.2) is 0 Å². The molecule has 0 spiro atoms. The van der Waals surface area contributed by atoms with Crippen LogP contribution in [-0.2, 0) is 0 Å². The minimum Gasteiger partial charge on any atom is -0.505 e. The van der Waals surface area contributed by atoms with E-state index in [-0.39, 0.29) is 11.7 Å². The largest absolute Gasteiger partial charge is 0.505 e. The van der Waals surface area contributed by atoms with Gasteiger partial charge in [0.15, 0.2) is 0 Å². The minimum atomic E-state index is -0.321. The molecule has 0 aliphatic rings. The van der Waals surface area contributed by atoms with Crippen LogP contribution in [0.15, 0.2) is 34.8 Å². The van der Waals surface area contributed by atoms with E-state index in [0.29, 0.717) is 22.5 Å². The van der Waals surface area contributed by atoms with Crippen LogP contribution in [0.3, 0.4) is 0 Å². The summed E-state index contributed by atoms with van der Waals surface area (Å²) in [7, 11) is 0. The Morgan fingerprint density at radius 3 is 2.55 bits per heavy atom. The van der Waals surface area contributed by atoms with Gasteiger partial charge in [0, 0.05) is 15.7 Å². The predicted molar refractivity (Wildman–Crippen MR) is 84.1 cm³/mol. The van der Waals surface area contributed by atoms with Crippen molar-refractivity contribution in [2.45, 2.75) is 13.8 Å². The van der Waals surface area contributed by atoms with Crippen molar-refractivity contribution in [3.8, 4) is 5.75 Å². The standard InChI is InChI=1S/C15H15BrN2O2/c1-8-3-9(2)14(19)13(4-8)18-15(20)10-5-11(16)7-12(17)6-10/h3-7,19H,17H2,1-2H3,(H,18,20). The second-order valence-electron chi connectivity index (χ2n) is 4.71. The Bertz CT molecular complexity index is 664. The summed E-state index contributed by atoms with van der Waals surface area (Å²) in [5.41, 5.74) is 8.70. The summed E-state index contributed by atoms with van der Waals surface area (Å²) in [4.78, 5) is 12.2. The van der Waals surface area contributed by atoms with Crippen LogP contribution < -0.4 is 11.1 Å². The van der Waals surface area contributed by atoms with Gasteiger partial charge in [-0.1, -0.05) is 22.0 Å².